The average molecular weight is 290 g/mol. The molecule has 1 N–H and O–H groups in total. The van der Waals surface area contributed by atoms with Gasteiger partial charge in [-0.1, -0.05) is 51.9 Å². The Bertz CT molecular complexity index is 254. The molecule has 0 radical (unpaired) electrons. The van der Waals surface area contributed by atoms with Crippen LogP contribution < -0.4 is 0 Å². The second kappa shape index (κ2) is 14.3. The van der Waals surface area contributed by atoms with Gasteiger partial charge in [-0.2, -0.15) is 10.1 Å². The minimum absolute atomic E-state index is 0.170. The highest BCUT2D eigenvalue weighted by molar-refractivity contribution is 5.76. The number of rotatable bonds is 13. The Morgan fingerprint density at radius 2 is 1.40 bits per heavy atom. The van der Waals surface area contributed by atoms with Gasteiger partial charge in [0.05, 0.1) is 19.4 Å². The summed E-state index contributed by atoms with van der Waals surface area (Å²) >= 11 is 0. The third-order valence-corrected chi connectivity index (χ3v) is 2.87. The molecule has 0 bridgehead atoms. The van der Waals surface area contributed by atoms with E-state index >= 15 is 0 Å². The molecule has 0 fully saturated rings. The van der Waals surface area contributed by atoms with Gasteiger partial charge in [0.15, 0.2) is 0 Å². The zero-order chi connectivity index (χ0) is 15.1. The number of hydrogen-bond donors (Lipinski definition) is 1. The summed E-state index contributed by atoms with van der Waals surface area (Å²) in [7, 11) is 0. The first-order valence-corrected chi connectivity index (χ1v) is 7.37. The van der Waals surface area contributed by atoms with Crippen LogP contribution in [0.25, 0.3) is 0 Å². The molecule has 0 saturated heterocycles. The van der Waals surface area contributed by atoms with Crippen molar-refractivity contribution in [3.05, 3.63) is 0 Å². The minimum Gasteiger partial charge on any atom is -0.301 e. The quantitative estimate of drug-likeness (QED) is 0.318. The summed E-state index contributed by atoms with van der Waals surface area (Å²) in [6, 6.07) is 0. The van der Waals surface area contributed by atoms with Crippen LogP contribution >= 0.6 is 0 Å². The molecule has 0 spiro atoms. The fraction of sp³-hybridized carbons (Fsp3) is 0.857. The van der Waals surface area contributed by atoms with E-state index in [0.29, 0.717) is 6.61 Å². The van der Waals surface area contributed by atoms with Gasteiger partial charge in [0.25, 0.3) is 0 Å². The van der Waals surface area contributed by atoms with Crippen molar-refractivity contribution in [3.63, 3.8) is 0 Å². The maximum atomic E-state index is 11.1. The normalized spacial score (nSPS) is 10.3. The highest BCUT2D eigenvalue weighted by Crippen LogP contribution is 2.08. The Morgan fingerprint density at radius 1 is 0.850 bits per heavy atom. The van der Waals surface area contributed by atoms with E-state index in [-0.39, 0.29) is 12.8 Å². The number of carbonyl (C=O) groups is 2. The Hall–Kier alpha value is -1.14. The molecule has 6 nitrogen and oxygen atoms in total. The van der Waals surface area contributed by atoms with Gasteiger partial charge < -0.3 is 4.89 Å². The van der Waals surface area contributed by atoms with Gasteiger partial charge in [0.2, 0.25) is 0 Å². The molecule has 0 atom stereocenters. The lowest BCUT2D eigenvalue weighted by molar-refractivity contribution is -0.273. The summed E-state index contributed by atoms with van der Waals surface area (Å²) in [4.78, 5) is 34.2. The van der Waals surface area contributed by atoms with Crippen molar-refractivity contribution in [1.82, 2.24) is 0 Å². The third kappa shape index (κ3) is 13.3. The fourth-order valence-electron chi connectivity index (χ4n) is 1.69. The van der Waals surface area contributed by atoms with Gasteiger partial charge in [-0.3, -0.25) is 4.89 Å². The zero-order valence-electron chi connectivity index (χ0n) is 12.3. The van der Waals surface area contributed by atoms with E-state index in [0.717, 1.165) is 12.8 Å². The number of carbonyl (C=O) groups excluding carboxylic acids is 2. The second-order valence-corrected chi connectivity index (χ2v) is 4.72. The lowest BCUT2D eigenvalue weighted by Crippen LogP contribution is -2.10. The molecule has 0 amide bonds. The zero-order valence-corrected chi connectivity index (χ0v) is 12.3. The Morgan fingerprint density at radius 3 is 2.00 bits per heavy atom. The molecule has 0 aromatic carbocycles. The van der Waals surface area contributed by atoms with Crippen molar-refractivity contribution in [2.75, 3.05) is 6.61 Å². The van der Waals surface area contributed by atoms with Crippen molar-refractivity contribution in [2.45, 2.75) is 71.1 Å². The van der Waals surface area contributed by atoms with Gasteiger partial charge in [-0.25, -0.2) is 9.59 Å². The van der Waals surface area contributed by atoms with Crippen LogP contribution in [0.4, 0.5) is 0 Å². The number of hydrogen-bond acceptors (Lipinski definition) is 6. The Kier molecular flexibility index (Phi) is 13.5. The highest BCUT2D eigenvalue weighted by atomic mass is 17.2. The van der Waals surface area contributed by atoms with Crippen LogP contribution in [0, 0.1) is 0 Å². The van der Waals surface area contributed by atoms with Gasteiger partial charge in [-0.15, -0.1) is 0 Å². The van der Waals surface area contributed by atoms with Crippen LogP contribution in [-0.2, 0) is 24.3 Å². The largest absolute Gasteiger partial charge is 0.342 e. The maximum Gasteiger partial charge on any atom is 0.342 e. The summed E-state index contributed by atoms with van der Waals surface area (Å²) in [5.41, 5.74) is 0. The Labute approximate surface area is 120 Å². The first kappa shape index (κ1) is 18.9. The molecular weight excluding hydrogens is 264 g/mol. The number of unbranched alkanes of at least 4 members (excludes halogenated alkanes) is 7. The lowest BCUT2D eigenvalue weighted by atomic mass is 10.1. The third-order valence-electron chi connectivity index (χ3n) is 2.87. The van der Waals surface area contributed by atoms with Crippen molar-refractivity contribution < 1.29 is 29.5 Å². The molecule has 0 aliphatic carbocycles. The van der Waals surface area contributed by atoms with Gasteiger partial charge in [0, 0.05) is 0 Å². The molecule has 0 aliphatic heterocycles. The van der Waals surface area contributed by atoms with Crippen molar-refractivity contribution in [3.8, 4) is 0 Å². The highest BCUT2D eigenvalue weighted by Gasteiger charge is 2.09. The van der Waals surface area contributed by atoms with Crippen LogP contribution in [0.5, 0.6) is 0 Å². The molecular formula is C14H26O6. The van der Waals surface area contributed by atoms with Crippen LogP contribution in [-0.4, -0.2) is 23.8 Å². The summed E-state index contributed by atoms with van der Waals surface area (Å²) in [5, 5.41) is 7.98. The molecule has 0 aromatic rings. The van der Waals surface area contributed by atoms with E-state index in [1.165, 1.54) is 38.5 Å². The summed E-state index contributed by atoms with van der Waals surface area (Å²) in [5.74, 6) is -1.51. The lowest BCUT2D eigenvalue weighted by Gasteiger charge is -2.03. The first-order chi connectivity index (χ1) is 9.70. The molecule has 0 unspecified atom stereocenters. The first-order valence-electron chi connectivity index (χ1n) is 7.37. The summed E-state index contributed by atoms with van der Waals surface area (Å²) < 4.78 is 0. The molecule has 0 rings (SSSR count). The molecule has 0 aromatic heterocycles. The van der Waals surface area contributed by atoms with Crippen LogP contribution in [0.3, 0.4) is 0 Å². The van der Waals surface area contributed by atoms with Gasteiger partial charge in [-0.05, 0) is 6.42 Å². The average Bonchev–Trinajstić information content (AvgIpc) is 2.46. The van der Waals surface area contributed by atoms with Crippen LogP contribution in [0.15, 0.2) is 0 Å². The van der Waals surface area contributed by atoms with E-state index < -0.39 is 11.9 Å². The van der Waals surface area contributed by atoms with Crippen LogP contribution in [0.1, 0.15) is 71.1 Å². The monoisotopic (exact) mass is 290 g/mol. The second-order valence-electron chi connectivity index (χ2n) is 4.72. The minimum atomic E-state index is -0.870. The van der Waals surface area contributed by atoms with Crippen molar-refractivity contribution >= 4 is 11.9 Å². The summed E-state index contributed by atoms with van der Waals surface area (Å²) in [6.45, 7) is 2.57. The van der Waals surface area contributed by atoms with E-state index in [2.05, 4.69) is 16.7 Å². The topological polar surface area (TPSA) is 82.1 Å². The summed E-state index contributed by atoms with van der Waals surface area (Å²) in [6.07, 6.45) is 9.07. The van der Waals surface area contributed by atoms with Gasteiger partial charge in [0.1, 0.15) is 0 Å². The van der Waals surface area contributed by atoms with Crippen LogP contribution in [0.2, 0.25) is 0 Å². The molecule has 0 saturated carbocycles. The van der Waals surface area contributed by atoms with E-state index in [4.69, 9.17) is 10.1 Å². The van der Waals surface area contributed by atoms with E-state index in [1.807, 2.05) is 0 Å². The van der Waals surface area contributed by atoms with Crippen molar-refractivity contribution in [2.24, 2.45) is 0 Å². The SMILES string of the molecule is CCCCCCCCCCOOC(=O)CCC(=O)OO. The standard InChI is InChI=1S/C14H26O6/c1-2-3-4-5-6-7-8-9-12-18-20-14(16)11-10-13(15)19-17/h17H,2-12H2,1H3. The molecule has 20 heavy (non-hydrogen) atoms. The molecule has 118 valence electrons. The predicted octanol–water partition coefficient (Wildman–Crippen LogP) is 3.40. The maximum absolute atomic E-state index is 11.1. The Balaban J connectivity index is 3.19. The van der Waals surface area contributed by atoms with E-state index in [1.54, 1.807) is 0 Å². The molecule has 0 aliphatic rings. The van der Waals surface area contributed by atoms with Crippen molar-refractivity contribution in [1.29, 1.82) is 0 Å². The van der Waals surface area contributed by atoms with E-state index in [9.17, 15) is 9.59 Å². The predicted molar refractivity (Wildman–Crippen MR) is 72.6 cm³/mol. The fourth-order valence-corrected chi connectivity index (χ4v) is 1.69. The molecule has 6 heteroatoms. The smallest absolute Gasteiger partial charge is 0.301 e. The van der Waals surface area contributed by atoms with Gasteiger partial charge >= 0.3 is 11.9 Å². The molecule has 0 heterocycles.